The minimum Gasteiger partial charge on any atom is -0.485 e. The number of hydrogen-bond donors (Lipinski definition) is 0. The molecule has 8 heteroatoms. The third-order valence-electron chi connectivity index (χ3n) is 4.86. The second kappa shape index (κ2) is 8.40. The minimum absolute atomic E-state index is 0.000550. The van der Waals surface area contributed by atoms with Crippen molar-refractivity contribution in [2.24, 2.45) is 0 Å². The number of ketones is 1. The van der Waals surface area contributed by atoms with E-state index in [0.29, 0.717) is 5.75 Å². The number of aryl methyl sites for hydroxylation is 2. The first-order chi connectivity index (χ1) is 14.1. The summed E-state index contributed by atoms with van der Waals surface area (Å²) in [4.78, 5) is 14.1. The summed E-state index contributed by atoms with van der Waals surface area (Å²) in [5, 5.41) is 13.2. The monoisotopic (exact) mass is 407 g/mol. The fourth-order valence-electron chi connectivity index (χ4n) is 3.31. The van der Waals surface area contributed by atoms with Crippen LogP contribution in [0.4, 0.5) is 0 Å². The number of carbonyl (C=O) groups excluding carboxylic acids is 1. The van der Waals surface area contributed by atoms with Crippen molar-refractivity contribution in [2.75, 3.05) is 6.61 Å². The van der Waals surface area contributed by atoms with Crippen molar-refractivity contribution in [1.29, 1.82) is 0 Å². The molecule has 1 aromatic carbocycles. The lowest BCUT2D eigenvalue weighted by atomic mass is 10.1. The quantitative estimate of drug-likeness (QED) is 0.417. The number of ether oxygens (including phenoxy) is 1. The van der Waals surface area contributed by atoms with E-state index in [1.807, 2.05) is 32.0 Å². The third-order valence-corrected chi connectivity index (χ3v) is 5.79. The molecule has 4 aromatic rings. The van der Waals surface area contributed by atoms with Crippen molar-refractivity contribution in [2.45, 2.75) is 26.8 Å². The first-order valence-electron chi connectivity index (χ1n) is 9.30. The van der Waals surface area contributed by atoms with Crippen LogP contribution in [-0.2, 0) is 13.0 Å². The number of benzene rings is 1. The average Bonchev–Trinajstić information content (AvgIpc) is 3.48. The molecule has 7 nitrogen and oxygen atoms in total. The van der Waals surface area contributed by atoms with Gasteiger partial charge in [-0.3, -0.25) is 4.79 Å². The predicted molar refractivity (Wildman–Crippen MR) is 111 cm³/mol. The Morgan fingerprint density at radius 2 is 2.00 bits per heavy atom. The number of hydrogen-bond acceptors (Lipinski definition) is 6. The van der Waals surface area contributed by atoms with E-state index >= 15 is 0 Å². The van der Waals surface area contributed by atoms with Gasteiger partial charge < -0.3 is 9.30 Å². The lowest BCUT2D eigenvalue weighted by Crippen LogP contribution is -2.13. The Bertz CT molecular complexity index is 1080. The van der Waals surface area contributed by atoms with Crippen LogP contribution in [0.15, 0.2) is 54.2 Å². The molecule has 4 rings (SSSR count). The number of carbonyl (C=O) groups is 1. The average molecular weight is 407 g/mol. The zero-order valence-electron chi connectivity index (χ0n) is 16.3. The van der Waals surface area contributed by atoms with Gasteiger partial charge >= 0.3 is 0 Å². The summed E-state index contributed by atoms with van der Waals surface area (Å²) in [6.45, 7) is 4.90. The molecule has 0 aliphatic carbocycles. The van der Waals surface area contributed by atoms with Crippen LogP contribution in [0.3, 0.4) is 0 Å². The van der Waals surface area contributed by atoms with Crippen molar-refractivity contribution in [3.63, 3.8) is 0 Å². The van der Waals surface area contributed by atoms with Crippen LogP contribution in [0.25, 0.3) is 5.69 Å². The Balaban J connectivity index is 1.39. The van der Waals surface area contributed by atoms with Crippen molar-refractivity contribution >= 4 is 17.1 Å². The van der Waals surface area contributed by atoms with Crippen molar-refractivity contribution < 1.29 is 9.53 Å². The van der Waals surface area contributed by atoms with E-state index in [-0.39, 0.29) is 12.4 Å². The molecule has 0 fully saturated rings. The highest BCUT2D eigenvalue weighted by atomic mass is 32.1. The highest BCUT2D eigenvalue weighted by molar-refractivity contribution is 7.09. The topological polar surface area (TPSA) is 74.8 Å². The molecule has 3 aromatic heterocycles. The Morgan fingerprint density at radius 1 is 1.17 bits per heavy atom. The summed E-state index contributed by atoms with van der Waals surface area (Å²) in [7, 11) is 0. The molecule has 0 atom stereocenters. The fourth-order valence-corrected chi connectivity index (χ4v) is 4.00. The fraction of sp³-hybridized carbons (Fsp3) is 0.238. The van der Waals surface area contributed by atoms with E-state index in [4.69, 9.17) is 4.74 Å². The summed E-state index contributed by atoms with van der Waals surface area (Å²) in [5.41, 5.74) is 3.62. The van der Waals surface area contributed by atoms with E-state index in [9.17, 15) is 4.79 Å². The molecule has 3 heterocycles. The SMILES string of the molecule is Cc1cc(C(=O)COc2ccc(-n3cnnn3)cc2)c(C)n1CCc1cccs1. The molecule has 0 radical (unpaired) electrons. The number of rotatable bonds is 8. The molecule has 148 valence electrons. The maximum Gasteiger partial charge on any atom is 0.202 e. The molecule has 0 saturated carbocycles. The van der Waals surface area contributed by atoms with Gasteiger partial charge in [0, 0.05) is 28.4 Å². The smallest absolute Gasteiger partial charge is 0.202 e. The second-order valence-corrected chi connectivity index (χ2v) is 7.76. The normalized spacial score (nSPS) is 11.0. The lowest BCUT2D eigenvalue weighted by molar-refractivity contribution is 0.0921. The van der Waals surface area contributed by atoms with Gasteiger partial charge in [0.25, 0.3) is 0 Å². The zero-order valence-corrected chi connectivity index (χ0v) is 17.1. The first-order valence-corrected chi connectivity index (χ1v) is 10.2. The van der Waals surface area contributed by atoms with Gasteiger partial charge in [0.05, 0.1) is 5.69 Å². The number of thiophene rings is 1. The van der Waals surface area contributed by atoms with Gasteiger partial charge in [-0.2, -0.15) is 0 Å². The van der Waals surface area contributed by atoms with Crippen molar-refractivity contribution in [3.05, 3.63) is 76.0 Å². The van der Waals surface area contributed by atoms with Gasteiger partial charge in [-0.05, 0) is 72.5 Å². The summed E-state index contributed by atoms with van der Waals surface area (Å²) in [6.07, 6.45) is 2.49. The number of Topliss-reactive ketones (excluding diaryl/α,β-unsaturated/α-hetero) is 1. The van der Waals surface area contributed by atoms with Gasteiger partial charge in [0.1, 0.15) is 12.1 Å². The predicted octanol–water partition coefficient (Wildman–Crippen LogP) is 3.65. The maximum absolute atomic E-state index is 12.7. The van der Waals surface area contributed by atoms with Crippen LogP contribution < -0.4 is 4.74 Å². The van der Waals surface area contributed by atoms with Crippen LogP contribution in [-0.4, -0.2) is 37.2 Å². The van der Waals surface area contributed by atoms with Gasteiger partial charge in [0.2, 0.25) is 5.78 Å². The molecule has 0 amide bonds. The largest absolute Gasteiger partial charge is 0.485 e. The second-order valence-electron chi connectivity index (χ2n) is 6.73. The summed E-state index contributed by atoms with van der Waals surface area (Å²) in [6, 6.07) is 13.4. The third kappa shape index (κ3) is 4.27. The van der Waals surface area contributed by atoms with Crippen LogP contribution in [0.1, 0.15) is 26.6 Å². The molecular weight excluding hydrogens is 386 g/mol. The highest BCUT2D eigenvalue weighted by Crippen LogP contribution is 2.19. The van der Waals surface area contributed by atoms with E-state index in [0.717, 1.165) is 35.6 Å². The molecular formula is C21H21N5O2S. The molecule has 0 unspecified atom stereocenters. The van der Waals surface area contributed by atoms with Crippen LogP contribution in [0.2, 0.25) is 0 Å². The molecule has 29 heavy (non-hydrogen) atoms. The van der Waals surface area contributed by atoms with Gasteiger partial charge in [-0.15, -0.1) is 16.4 Å². The van der Waals surface area contributed by atoms with Gasteiger partial charge in [-0.25, -0.2) is 4.68 Å². The summed E-state index contributed by atoms with van der Waals surface area (Å²) < 4.78 is 9.46. The first kappa shape index (κ1) is 19.1. The van der Waals surface area contributed by atoms with Crippen molar-refractivity contribution in [1.82, 2.24) is 24.8 Å². The van der Waals surface area contributed by atoms with Crippen LogP contribution in [0.5, 0.6) is 5.75 Å². The molecule has 0 saturated heterocycles. The Morgan fingerprint density at radius 3 is 2.69 bits per heavy atom. The lowest BCUT2D eigenvalue weighted by Gasteiger charge is -2.09. The minimum atomic E-state index is -0.0231. The highest BCUT2D eigenvalue weighted by Gasteiger charge is 2.16. The van der Waals surface area contributed by atoms with E-state index in [1.165, 1.54) is 11.2 Å². The van der Waals surface area contributed by atoms with Crippen molar-refractivity contribution in [3.8, 4) is 11.4 Å². The summed E-state index contributed by atoms with van der Waals surface area (Å²) in [5.74, 6) is 0.603. The van der Waals surface area contributed by atoms with E-state index < -0.39 is 0 Å². The number of nitrogens with zero attached hydrogens (tertiary/aromatic N) is 5. The summed E-state index contributed by atoms with van der Waals surface area (Å²) >= 11 is 1.76. The molecule has 0 bridgehead atoms. The van der Waals surface area contributed by atoms with E-state index in [1.54, 1.807) is 28.2 Å². The van der Waals surface area contributed by atoms with Crippen LogP contribution >= 0.6 is 11.3 Å². The van der Waals surface area contributed by atoms with E-state index in [2.05, 4.69) is 37.6 Å². The van der Waals surface area contributed by atoms with Gasteiger partial charge in [0.15, 0.2) is 6.61 Å². The van der Waals surface area contributed by atoms with Gasteiger partial charge in [-0.1, -0.05) is 6.07 Å². The number of aromatic nitrogens is 5. The molecule has 0 spiro atoms. The van der Waals surface area contributed by atoms with Crippen LogP contribution in [0, 0.1) is 13.8 Å². The molecule has 0 N–H and O–H groups in total. The molecule has 0 aliphatic heterocycles. The zero-order chi connectivity index (χ0) is 20.2. The maximum atomic E-state index is 12.7. The number of tetrazole rings is 1. The molecule has 0 aliphatic rings. The Labute approximate surface area is 172 Å². The Kier molecular flexibility index (Phi) is 5.53. The standard InChI is InChI=1S/C21H21N5O2S/c1-15-12-20(16(2)25(15)10-9-19-4-3-11-29-19)21(27)13-28-18-7-5-17(6-8-18)26-14-22-23-24-26/h3-8,11-12,14H,9-10,13H2,1-2H3. The Hall–Kier alpha value is -3.26.